The molecule has 0 saturated heterocycles. The molecule has 20 heavy (non-hydrogen) atoms. The molecule has 0 aromatic carbocycles. The predicted molar refractivity (Wildman–Crippen MR) is 83.3 cm³/mol. The van der Waals surface area contributed by atoms with Crippen LogP contribution in [0.4, 0.5) is 0 Å². The minimum Gasteiger partial charge on any atom is -0.391 e. The molecular weight excluding hydrogens is 300 g/mol. The molecule has 0 heterocycles. The number of sulfonamides is 1. The molecule has 0 rings (SSSR count). The van der Waals surface area contributed by atoms with Crippen LogP contribution in [0.25, 0.3) is 0 Å². The topological polar surface area (TPSA) is 95.5 Å². The van der Waals surface area contributed by atoms with Crippen LogP contribution < -0.4 is 10.0 Å². The van der Waals surface area contributed by atoms with Crippen LogP contribution in [0.5, 0.6) is 0 Å². The lowest BCUT2D eigenvalue weighted by Gasteiger charge is -2.19. The highest BCUT2D eigenvalue weighted by atomic mass is 32.2. The van der Waals surface area contributed by atoms with E-state index >= 15 is 0 Å². The fourth-order valence-electron chi connectivity index (χ4n) is 1.56. The van der Waals surface area contributed by atoms with Crippen molar-refractivity contribution in [3.8, 4) is 0 Å². The Labute approximate surface area is 126 Å². The fourth-order valence-corrected chi connectivity index (χ4v) is 2.85. The number of amides is 1. The molecule has 0 aliphatic rings. The van der Waals surface area contributed by atoms with Gasteiger partial charge in [-0.2, -0.15) is 11.8 Å². The summed E-state index contributed by atoms with van der Waals surface area (Å²) in [5.41, 5.74) is 0. The van der Waals surface area contributed by atoms with Gasteiger partial charge in [-0.05, 0) is 31.8 Å². The van der Waals surface area contributed by atoms with Crippen molar-refractivity contribution >= 4 is 27.7 Å². The van der Waals surface area contributed by atoms with Gasteiger partial charge >= 0.3 is 0 Å². The summed E-state index contributed by atoms with van der Waals surface area (Å²) in [6.45, 7) is 3.62. The lowest BCUT2D eigenvalue weighted by molar-refractivity contribution is -0.123. The number of aliphatic hydroxyl groups is 1. The third kappa shape index (κ3) is 8.78. The first kappa shape index (κ1) is 19.7. The summed E-state index contributed by atoms with van der Waals surface area (Å²) in [4.78, 5) is 12.0. The van der Waals surface area contributed by atoms with E-state index in [1.54, 1.807) is 11.8 Å². The summed E-state index contributed by atoms with van der Waals surface area (Å²) in [6, 6.07) is -0.777. The van der Waals surface area contributed by atoms with Crippen LogP contribution in [-0.4, -0.2) is 55.9 Å². The highest BCUT2D eigenvalue weighted by Gasteiger charge is 2.23. The third-order valence-corrected chi connectivity index (χ3v) is 4.81. The van der Waals surface area contributed by atoms with Crippen LogP contribution in [0, 0.1) is 0 Å². The number of hydrogen-bond acceptors (Lipinski definition) is 5. The van der Waals surface area contributed by atoms with Crippen molar-refractivity contribution in [3.05, 3.63) is 0 Å². The van der Waals surface area contributed by atoms with Crippen LogP contribution >= 0.6 is 11.8 Å². The van der Waals surface area contributed by atoms with E-state index < -0.39 is 22.2 Å². The Hall–Kier alpha value is -0.310. The number of hydrogen-bond donors (Lipinski definition) is 3. The summed E-state index contributed by atoms with van der Waals surface area (Å²) < 4.78 is 25.5. The molecule has 0 aliphatic heterocycles. The number of rotatable bonds is 11. The summed E-state index contributed by atoms with van der Waals surface area (Å²) in [5, 5.41) is 12.2. The van der Waals surface area contributed by atoms with Crippen molar-refractivity contribution in [2.45, 2.75) is 45.3 Å². The van der Waals surface area contributed by atoms with Gasteiger partial charge < -0.3 is 10.4 Å². The lowest BCUT2D eigenvalue weighted by atomic mass is 10.2. The lowest BCUT2D eigenvalue weighted by Crippen LogP contribution is -2.48. The van der Waals surface area contributed by atoms with Gasteiger partial charge in [0.05, 0.1) is 11.9 Å². The summed E-state index contributed by atoms with van der Waals surface area (Å²) >= 11 is 1.55. The fraction of sp³-hybridized carbons (Fsp3) is 0.917. The molecule has 0 radical (unpaired) electrons. The number of carbonyl (C=O) groups is 1. The molecule has 0 bridgehead atoms. The normalized spacial score (nSPS) is 14.8. The highest BCUT2D eigenvalue weighted by molar-refractivity contribution is 7.98. The Morgan fingerprint density at radius 2 is 1.95 bits per heavy atom. The van der Waals surface area contributed by atoms with Crippen LogP contribution in [0.3, 0.4) is 0 Å². The van der Waals surface area contributed by atoms with Crippen LogP contribution in [0.15, 0.2) is 0 Å². The van der Waals surface area contributed by atoms with E-state index in [-0.39, 0.29) is 18.2 Å². The van der Waals surface area contributed by atoms with Gasteiger partial charge in [-0.1, -0.05) is 13.3 Å². The quantitative estimate of drug-likeness (QED) is 0.508. The van der Waals surface area contributed by atoms with Crippen LogP contribution in [0.2, 0.25) is 0 Å². The van der Waals surface area contributed by atoms with E-state index in [1.807, 2.05) is 13.2 Å². The van der Waals surface area contributed by atoms with Gasteiger partial charge in [-0.25, -0.2) is 13.1 Å². The Morgan fingerprint density at radius 3 is 2.45 bits per heavy atom. The molecule has 0 fully saturated rings. The smallest absolute Gasteiger partial charge is 0.238 e. The number of thioether (sulfide) groups is 1. The van der Waals surface area contributed by atoms with Gasteiger partial charge in [0.1, 0.15) is 6.04 Å². The maximum absolute atomic E-state index is 12.0. The van der Waals surface area contributed by atoms with E-state index in [9.17, 15) is 18.3 Å². The second-order valence-corrected chi connectivity index (χ2v) is 7.57. The third-order valence-electron chi connectivity index (χ3n) is 2.76. The van der Waals surface area contributed by atoms with E-state index in [4.69, 9.17) is 0 Å². The zero-order valence-corrected chi connectivity index (χ0v) is 14.0. The van der Waals surface area contributed by atoms with Gasteiger partial charge in [0.25, 0.3) is 0 Å². The average Bonchev–Trinajstić information content (AvgIpc) is 2.41. The molecule has 6 nitrogen and oxygen atoms in total. The van der Waals surface area contributed by atoms with E-state index in [0.717, 1.165) is 6.42 Å². The standard InChI is InChI=1S/C12H26N2O4S2/c1-4-6-10(15)9-13-12(16)11(7-8-19-3)14-20(17,18)5-2/h10-11,14-15H,4-9H2,1-3H3,(H,13,16). The van der Waals surface area contributed by atoms with E-state index in [2.05, 4.69) is 10.0 Å². The Balaban J connectivity index is 4.49. The van der Waals surface area contributed by atoms with Crippen molar-refractivity contribution in [1.82, 2.24) is 10.0 Å². The SMILES string of the molecule is CCCC(O)CNC(=O)C(CCSC)NS(=O)(=O)CC. The first-order valence-corrected chi connectivity index (χ1v) is 9.85. The summed E-state index contributed by atoms with van der Waals surface area (Å²) in [5.74, 6) is 0.238. The molecule has 2 unspecified atom stereocenters. The van der Waals surface area contributed by atoms with Crippen LogP contribution in [-0.2, 0) is 14.8 Å². The van der Waals surface area contributed by atoms with Crippen LogP contribution in [0.1, 0.15) is 33.1 Å². The molecule has 120 valence electrons. The molecule has 8 heteroatoms. The molecule has 1 amide bonds. The van der Waals surface area contributed by atoms with Gasteiger partial charge in [0.2, 0.25) is 15.9 Å². The van der Waals surface area contributed by atoms with Gasteiger partial charge in [-0.15, -0.1) is 0 Å². The summed E-state index contributed by atoms with van der Waals surface area (Å²) in [7, 11) is -3.43. The number of carbonyl (C=O) groups excluding carboxylic acids is 1. The largest absolute Gasteiger partial charge is 0.391 e. The maximum atomic E-state index is 12.0. The van der Waals surface area contributed by atoms with Crippen molar-refractivity contribution in [2.24, 2.45) is 0 Å². The second-order valence-electron chi connectivity index (χ2n) is 4.54. The molecule has 0 aromatic heterocycles. The average molecular weight is 326 g/mol. The molecule has 0 aliphatic carbocycles. The molecular formula is C12H26N2O4S2. The highest BCUT2D eigenvalue weighted by Crippen LogP contribution is 2.03. The monoisotopic (exact) mass is 326 g/mol. The van der Waals surface area contributed by atoms with Gasteiger partial charge in [0, 0.05) is 6.54 Å². The van der Waals surface area contributed by atoms with E-state index in [1.165, 1.54) is 6.92 Å². The Bertz CT molecular complexity index is 374. The minimum absolute atomic E-state index is 0.0610. The number of aliphatic hydroxyl groups excluding tert-OH is 1. The minimum atomic E-state index is -3.43. The molecule has 0 saturated carbocycles. The molecule has 3 N–H and O–H groups in total. The summed E-state index contributed by atoms with van der Waals surface area (Å²) in [6.07, 6.45) is 3.17. The second kappa shape index (κ2) is 10.4. The van der Waals surface area contributed by atoms with Gasteiger partial charge in [0.15, 0.2) is 0 Å². The number of nitrogens with one attached hydrogen (secondary N) is 2. The van der Waals surface area contributed by atoms with Crippen molar-refractivity contribution < 1.29 is 18.3 Å². The van der Waals surface area contributed by atoms with Gasteiger partial charge in [-0.3, -0.25) is 4.79 Å². The first-order valence-electron chi connectivity index (χ1n) is 6.81. The zero-order valence-electron chi connectivity index (χ0n) is 12.4. The molecule has 2 atom stereocenters. The first-order chi connectivity index (χ1) is 9.36. The maximum Gasteiger partial charge on any atom is 0.238 e. The van der Waals surface area contributed by atoms with Crippen molar-refractivity contribution in [1.29, 1.82) is 0 Å². The Kier molecular flexibility index (Phi) is 10.3. The predicted octanol–water partition coefficient (Wildman–Crippen LogP) is 0.325. The molecule has 0 spiro atoms. The zero-order chi connectivity index (χ0) is 15.6. The van der Waals surface area contributed by atoms with E-state index in [0.29, 0.717) is 18.6 Å². The Morgan fingerprint density at radius 1 is 1.30 bits per heavy atom. The molecule has 0 aromatic rings. The van der Waals surface area contributed by atoms with Crippen molar-refractivity contribution in [3.63, 3.8) is 0 Å². The van der Waals surface area contributed by atoms with Crippen molar-refractivity contribution in [2.75, 3.05) is 24.3 Å².